The van der Waals surface area contributed by atoms with Crippen LogP contribution in [0.5, 0.6) is 0 Å². The number of aliphatic carboxylic acids is 2. The highest BCUT2D eigenvalue weighted by atomic mass is 16.4. The van der Waals surface area contributed by atoms with E-state index in [0.717, 1.165) is 16.3 Å². The maximum atomic E-state index is 11.3. The topological polar surface area (TPSA) is 74.6 Å². The molecule has 0 bridgehead atoms. The fraction of sp³-hybridized carbons (Fsp3) is 0.250. The van der Waals surface area contributed by atoms with Crippen LogP contribution in [0.15, 0.2) is 42.5 Å². The van der Waals surface area contributed by atoms with Gasteiger partial charge in [-0.2, -0.15) is 0 Å². The fourth-order valence-corrected chi connectivity index (χ4v) is 2.27. The first-order valence-corrected chi connectivity index (χ1v) is 6.42. The Hall–Kier alpha value is -2.36. The summed E-state index contributed by atoms with van der Waals surface area (Å²) in [6, 6.07) is 13.5. The van der Waals surface area contributed by atoms with Gasteiger partial charge in [0.2, 0.25) is 0 Å². The zero-order chi connectivity index (χ0) is 14.7. The first kappa shape index (κ1) is 14.1. The molecule has 2 aromatic rings. The molecule has 0 aliphatic heterocycles. The minimum Gasteiger partial charge on any atom is -0.481 e. The quantitative estimate of drug-likeness (QED) is 0.877. The maximum Gasteiger partial charge on any atom is 0.307 e. The van der Waals surface area contributed by atoms with Crippen molar-refractivity contribution >= 4 is 22.7 Å². The minimum atomic E-state index is -1.09. The van der Waals surface area contributed by atoms with E-state index in [4.69, 9.17) is 5.11 Å². The van der Waals surface area contributed by atoms with Gasteiger partial charge in [0.1, 0.15) is 0 Å². The lowest BCUT2D eigenvalue weighted by Crippen LogP contribution is -2.29. The van der Waals surface area contributed by atoms with Gasteiger partial charge in [0.05, 0.1) is 11.8 Å². The van der Waals surface area contributed by atoms with E-state index in [0.29, 0.717) is 0 Å². The van der Waals surface area contributed by atoms with Crippen molar-refractivity contribution in [2.24, 2.45) is 11.8 Å². The van der Waals surface area contributed by atoms with Crippen LogP contribution in [0.4, 0.5) is 0 Å². The van der Waals surface area contributed by atoms with Crippen LogP contribution >= 0.6 is 0 Å². The van der Waals surface area contributed by atoms with Crippen molar-refractivity contribution in [3.8, 4) is 0 Å². The molecule has 2 N–H and O–H groups in total. The second-order valence-corrected chi connectivity index (χ2v) is 4.96. The monoisotopic (exact) mass is 272 g/mol. The minimum absolute atomic E-state index is 0.216. The van der Waals surface area contributed by atoms with Gasteiger partial charge in [0, 0.05) is 0 Å². The molecular formula is C16H16O4. The molecule has 4 heteroatoms. The van der Waals surface area contributed by atoms with Crippen LogP contribution in [0, 0.1) is 11.8 Å². The molecule has 0 saturated heterocycles. The Labute approximate surface area is 116 Å². The molecule has 4 nitrogen and oxygen atoms in total. The summed E-state index contributed by atoms with van der Waals surface area (Å²) in [6.45, 7) is 1.43. The van der Waals surface area contributed by atoms with Gasteiger partial charge in [0.15, 0.2) is 0 Å². The summed E-state index contributed by atoms with van der Waals surface area (Å²) >= 11 is 0. The highest BCUT2D eigenvalue weighted by Gasteiger charge is 2.29. The van der Waals surface area contributed by atoms with E-state index in [1.807, 2.05) is 42.5 Å². The molecule has 0 spiro atoms. The summed E-state index contributed by atoms with van der Waals surface area (Å²) < 4.78 is 0. The second kappa shape index (κ2) is 5.74. The predicted octanol–water partition coefficient (Wildman–Crippen LogP) is 2.80. The predicted molar refractivity (Wildman–Crippen MR) is 75.6 cm³/mol. The van der Waals surface area contributed by atoms with E-state index in [1.165, 1.54) is 6.92 Å². The van der Waals surface area contributed by atoms with E-state index in [2.05, 4.69) is 0 Å². The number of fused-ring (bicyclic) bond motifs is 1. The van der Waals surface area contributed by atoms with Crippen LogP contribution in [0.2, 0.25) is 0 Å². The zero-order valence-corrected chi connectivity index (χ0v) is 11.1. The first-order chi connectivity index (χ1) is 9.49. The zero-order valence-electron chi connectivity index (χ0n) is 11.1. The lowest BCUT2D eigenvalue weighted by Gasteiger charge is -2.16. The number of hydrogen-bond donors (Lipinski definition) is 2. The van der Waals surface area contributed by atoms with Crippen LogP contribution in [-0.4, -0.2) is 22.2 Å². The third-order valence-corrected chi connectivity index (χ3v) is 3.58. The van der Waals surface area contributed by atoms with E-state index in [-0.39, 0.29) is 6.42 Å². The molecule has 2 aromatic carbocycles. The average Bonchev–Trinajstić information content (AvgIpc) is 2.43. The van der Waals surface area contributed by atoms with Gasteiger partial charge < -0.3 is 10.2 Å². The summed E-state index contributed by atoms with van der Waals surface area (Å²) in [6.07, 6.45) is 0.216. The molecule has 104 valence electrons. The molecule has 0 saturated carbocycles. The number of carboxylic acids is 2. The third-order valence-electron chi connectivity index (χ3n) is 3.58. The molecule has 2 unspecified atom stereocenters. The fourth-order valence-electron chi connectivity index (χ4n) is 2.27. The Kier molecular flexibility index (Phi) is 4.03. The molecule has 20 heavy (non-hydrogen) atoms. The molecule has 0 radical (unpaired) electrons. The number of rotatable bonds is 5. The average molecular weight is 272 g/mol. The molecule has 2 atom stereocenters. The number of carbonyl (C=O) groups is 2. The molecule has 0 heterocycles. The van der Waals surface area contributed by atoms with E-state index >= 15 is 0 Å². The number of benzene rings is 2. The lowest BCUT2D eigenvalue weighted by atomic mass is 9.87. The Morgan fingerprint density at radius 1 is 1.00 bits per heavy atom. The van der Waals surface area contributed by atoms with Gasteiger partial charge in [0.25, 0.3) is 0 Å². The van der Waals surface area contributed by atoms with Crippen molar-refractivity contribution in [2.45, 2.75) is 13.3 Å². The van der Waals surface area contributed by atoms with Crippen molar-refractivity contribution in [3.05, 3.63) is 48.0 Å². The molecule has 0 aliphatic rings. The largest absolute Gasteiger partial charge is 0.481 e. The van der Waals surface area contributed by atoms with E-state index < -0.39 is 23.8 Å². The van der Waals surface area contributed by atoms with Crippen molar-refractivity contribution < 1.29 is 19.8 Å². The highest BCUT2D eigenvalue weighted by Crippen LogP contribution is 2.22. The molecular weight excluding hydrogens is 256 g/mol. The smallest absolute Gasteiger partial charge is 0.307 e. The van der Waals surface area contributed by atoms with Crippen molar-refractivity contribution in [2.75, 3.05) is 0 Å². The van der Waals surface area contributed by atoms with Crippen molar-refractivity contribution in [3.63, 3.8) is 0 Å². The Balaban J connectivity index is 2.28. The molecule has 0 aromatic heterocycles. The van der Waals surface area contributed by atoms with Crippen LogP contribution in [0.3, 0.4) is 0 Å². The summed E-state index contributed by atoms with van der Waals surface area (Å²) in [5.74, 6) is -4.00. The van der Waals surface area contributed by atoms with Gasteiger partial charge in [-0.3, -0.25) is 9.59 Å². The van der Waals surface area contributed by atoms with E-state index in [1.54, 1.807) is 0 Å². The highest BCUT2D eigenvalue weighted by molar-refractivity contribution is 5.83. The lowest BCUT2D eigenvalue weighted by molar-refractivity contribution is -0.152. The normalized spacial score (nSPS) is 13.8. The Morgan fingerprint density at radius 2 is 1.65 bits per heavy atom. The molecule has 2 rings (SSSR count). The first-order valence-electron chi connectivity index (χ1n) is 6.42. The van der Waals surface area contributed by atoms with Crippen LogP contribution in [0.1, 0.15) is 12.5 Å². The van der Waals surface area contributed by atoms with Gasteiger partial charge in [-0.1, -0.05) is 49.4 Å². The molecule has 0 fully saturated rings. The van der Waals surface area contributed by atoms with Crippen molar-refractivity contribution in [1.82, 2.24) is 0 Å². The van der Waals surface area contributed by atoms with E-state index in [9.17, 15) is 14.7 Å². The summed E-state index contributed by atoms with van der Waals surface area (Å²) in [5.41, 5.74) is 0.837. The van der Waals surface area contributed by atoms with Crippen LogP contribution in [0.25, 0.3) is 10.8 Å². The maximum absolute atomic E-state index is 11.3. The summed E-state index contributed by atoms with van der Waals surface area (Å²) in [4.78, 5) is 22.2. The summed E-state index contributed by atoms with van der Waals surface area (Å²) in [7, 11) is 0. The van der Waals surface area contributed by atoms with Gasteiger partial charge in [-0.25, -0.2) is 0 Å². The van der Waals surface area contributed by atoms with Gasteiger partial charge in [-0.15, -0.1) is 0 Å². The van der Waals surface area contributed by atoms with Gasteiger partial charge >= 0.3 is 11.9 Å². The number of hydrogen-bond acceptors (Lipinski definition) is 2. The van der Waals surface area contributed by atoms with Crippen LogP contribution < -0.4 is 0 Å². The van der Waals surface area contributed by atoms with Gasteiger partial charge in [-0.05, 0) is 22.8 Å². The standard InChI is InChI=1S/C16H16O4/c1-10(15(17)18)14(16(19)20)9-11-6-7-12-4-2-3-5-13(12)8-11/h2-8,10,14H,9H2,1H3,(H,17,18)(H,19,20). The third kappa shape index (κ3) is 2.96. The number of carboxylic acid groups (broad SMARTS) is 2. The molecule has 0 amide bonds. The molecule has 0 aliphatic carbocycles. The van der Waals surface area contributed by atoms with Crippen molar-refractivity contribution in [1.29, 1.82) is 0 Å². The summed E-state index contributed by atoms with van der Waals surface area (Å²) in [5, 5.41) is 20.3. The van der Waals surface area contributed by atoms with Crippen LogP contribution in [-0.2, 0) is 16.0 Å². The second-order valence-electron chi connectivity index (χ2n) is 4.96. The SMILES string of the molecule is CC(C(=O)O)C(Cc1ccc2ccccc2c1)C(=O)O. The Bertz CT molecular complexity index is 648. The Morgan fingerprint density at radius 3 is 2.25 bits per heavy atom.